The molecular weight excluding hydrogens is 278 g/mol. The van der Waals surface area contributed by atoms with E-state index in [0.717, 1.165) is 5.39 Å². The Bertz CT molecular complexity index is 714. The van der Waals surface area contributed by atoms with E-state index in [0.29, 0.717) is 12.1 Å². The highest BCUT2D eigenvalue weighted by Crippen LogP contribution is 2.20. The summed E-state index contributed by atoms with van der Waals surface area (Å²) >= 11 is 0. The molecule has 0 bridgehead atoms. The summed E-state index contributed by atoms with van der Waals surface area (Å²) in [5, 5.41) is 3.94. The quantitative estimate of drug-likeness (QED) is 0.865. The van der Waals surface area contributed by atoms with Crippen molar-refractivity contribution < 1.29 is 17.6 Å². The number of Topliss-reactive ketones (excluding diaryl/α,β-unsaturated/α-hetero) is 1. The number of furan rings is 1. The van der Waals surface area contributed by atoms with Crippen molar-refractivity contribution in [2.45, 2.75) is 12.5 Å². The molecule has 1 N–H and O–H groups in total. The average molecular weight is 293 g/mol. The van der Waals surface area contributed by atoms with Gasteiger partial charge in [-0.05, 0) is 12.1 Å². The Morgan fingerprint density at radius 2 is 2.15 bits per heavy atom. The zero-order valence-corrected chi connectivity index (χ0v) is 11.7. The number of carbonyl (C=O) groups is 1. The molecule has 1 aromatic carbocycles. The van der Waals surface area contributed by atoms with Crippen LogP contribution in [0.15, 0.2) is 34.7 Å². The Kier molecular flexibility index (Phi) is 3.35. The molecule has 6 heteroatoms. The van der Waals surface area contributed by atoms with Crippen molar-refractivity contribution in [2.24, 2.45) is 0 Å². The van der Waals surface area contributed by atoms with Gasteiger partial charge >= 0.3 is 0 Å². The highest BCUT2D eigenvalue weighted by molar-refractivity contribution is 7.91. The molecule has 0 amide bonds. The van der Waals surface area contributed by atoms with Gasteiger partial charge < -0.3 is 9.73 Å². The van der Waals surface area contributed by atoms with Crippen LogP contribution in [0, 0.1) is 0 Å². The number of carbonyl (C=O) groups excluding carboxylic acids is 1. The lowest BCUT2D eigenvalue weighted by Gasteiger charge is -2.22. The largest absolute Gasteiger partial charge is 0.453 e. The molecule has 5 nitrogen and oxygen atoms in total. The van der Waals surface area contributed by atoms with Gasteiger partial charge in [0.05, 0.1) is 11.5 Å². The molecule has 1 aromatic heterocycles. The van der Waals surface area contributed by atoms with Crippen LogP contribution in [-0.4, -0.2) is 38.3 Å². The second kappa shape index (κ2) is 5.03. The lowest BCUT2D eigenvalue weighted by Crippen LogP contribution is -2.45. The van der Waals surface area contributed by atoms with Gasteiger partial charge in [0.1, 0.15) is 5.58 Å². The van der Waals surface area contributed by atoms with Crippen LogP contribution >= 0.6 is 0 Å². The molecule has 0 saturated carbocycles. The van der Waals surface area contributed by atoms with Crippen molar-refractivity contribution in [3.05, 3.63) is 36.1 Å². The first kappa shape index (κ1) is 13.3. The molecule has 1 fully saturated rings. The van der Waals surface area contributed by atoms with Gasteiger partial charge in [-0.1, -0.05) is 18.2 Å². The van der Waals surface area contributed by atoms with Crippen molar-refractivity contribution in [3.63, 3.8) is 0 Å². The summed E-state index contributed by atoms with van der Waals surface area (Å²) in [6.45, 7) is 0.403. The number of hydrogen-bond donors (Lipinski definition) is 1. The number of ketones is 1. The predicted molar refractivity (Wildman–Crippen MR) is 75.6 cm³/mol. The lowest BCUT2D eigenvalue weighted by molar-refractivity contribution is 0.0947. The molecule has 0 radical (unpaired) electrons. The highest BCUT2D eigenvalue weighted by atomic mass is 32.2. The Morgan fingerprint density at radius 3 is 2.90 bits per heavy atom. The first-order valence-corrected chi connectivity index (χ1v) is 8.31. The Morgan fingerprint density at radius 1 is 1.35 bits per heavy atom. The van der Waals surface area contributed by atoms with E-state index in [1.807, 2.05) is 18.2 Å². The van der Waals surface area contributed by atoms with Crippen LogP contribution in [0.3, 0.4) is 0 Å². The minimum absolute atomic E-state index is 0.0129. The summed E-state index contributed by atoms with van der Waals surface area (Å²) in [5.41, 5.74) is 0.667. The number of sulfone groups is 1. The fourth-order valence-electron chi connectivity index (χ4n) is 2.44. The van der Waals surface area contributed by atoms with Crippen LogP contribution in [-0.2, 0) is 9.84 Å². The number of fused-ring (bicyclic) bond motifs is 1. The molecule has 0 spiro atoms. The summed E-state index contributed by atoms with van der Waals surface area (Å²) in [7, 11) is -3.03. The van der Waals surface area contributed by atoms with Gasteiger partial charge in [-0.15, -0.1) is 0 Å². The Balaban J connectivity index is 1.76. The summed E-state index contributed by atoms with van der Waals surface area (Å²) in [6, 6.07) is 8.77. The first-order chi connectivity index (χ1) is 9.53. The van der Waals surface area contributed by atoms with Crippen LogP contribution in [0.4, 0.5) is 0 Å². The maximum absolute atomic E-state index is 12.2. The molecule has 1 aliphatic heterocycles. The maximum atomic E-state index is 12.2. The second-order valence-corrected chi connectivity index (χ2v) is 7.27. The number of benzene rings is 1. The molecular formula is C14H15NO4S. The zero-order valence-electron chi connectivity index (χ0n) is 10.8. The molecule has 106 valence electrons. The second-order valence-electron chi connectivity index (χ2n) is 5.04. The van der Waals surface area contributed by atoms with Crippen LogP contribution < -0.4 is 5.32 Å². The number of nitrogens with one attached hydrogen (secondary N) is 1. The maximum Gasteiger partial charge on any atom is 0.199 e. The molecule has 1 unspecified atom stereocenters. The summed E-state index contributed by atoms with van der Waals surface area (Å²) in [4.78, 5) is 12.2. The van der Waals surface area contributed by atoms with E-state index >= 15 is 0 Å². The monoisotopic (exact) mass is 293 g/mol. The minimum Gasteiger partial charge on any atom is -0.453 e. The molecule has 1 saturated heterocycles. The first-order valence-electron chi connectivity index (χ1n) is 6.49. The van der Waals surface area contributed by atoms with E-state index in [1.165, 1.54) is 0 Å². The summed E-state index contributed by atoms with van der Waals surface area (Å²) < 4.78 is 28.6. The number of rotatable bonds is 3. The van der Waals surface area contributed by atoms with Crippen LogP contribution in [0.5, 0.6) is 0 Å². The SMILES string of the molecule is O=C(CC1CS(=O)(=O)CCN1)c1cc2ccccc2o1. The van der Waals surface area contributed by atoms with E-state index in [1.54, 1.807) is 12.1 Å². The van der Waals surface area contributed by atoms with E-state index in [-0.39, 0.29) is 35.5 Å². The molecule has 1 atom stereocenters. The third kappa shape index (κ3) is 2.76. The Hall–Kier alpha value is -1.66. The van der Waals surface area contributed by atoms with Crippen molar-refractivity contribution >= 4 is 26.6 Å². The van der Waals surface area contributed by atoms with Crippen LogP contribution in [0.2, 0.25) is 0 Å². The lowest BCUT2D eigenvalue weighted by atomic mass is 10.1. The predicted octanol–water partition coefficient (Wildman–Crippen LogP) is 1.39. The molecule has 2 aromatic rings. The van der Waals surface area contributed by atoms with E-state index in [2.05, 4.69) is 5.32 Å². The van der Waals surface area contributed by atoms with Crippen molar-refractivity contribution in [1.82, 2.24) is 5.32 Å². The van der Waals surface area contributed by atoms with Crippen molar-refractivity contribution in [2.75, 3.05) is 18.1 Å². The summed E-state index contributed by atoms with van der Waals surface area (Å²) in [5.74, 6) is 0.271. The summed E-state index contributed by atoms with van der Waals surface area (Å²) in [6.07, 6.45) is 0.138. The zero-order chi connectivity index (χ0) is 14.2. The van der Waals surface area contributed by atoms with Gasteiger partial charge in [0.2, 0.25) is 0 Å². The van der Waals surface area contributed by atoms with Crippen LogP contribution in [0.1, 0.15) is 17.0 Å². The van der Waals surface area contributed by atoms with Gasteiger partial charge in [0, 0.05) is 24.4 Å². The van der Waals surface area contributed by atoms with E-state index in [4.69, 9.17) is 4.42 Å². The van der Waals surface area contributed by atoms with Crippen molar-refractivity contribution in [1.29, 1.82) is 0 Å². The standard InChI is InChI=1S/C14H15NO4S/c16-12(8-11-9-20(17,18)6-5-15-11)14-7-10-3-1-2-4-13(10)19-14/h1-4,7,11,15H,5-6,8-9H2. The molecule has 1 aliphatic rings. The third-order valence-corrected chi connectivity index (χ3v) is 5.17. The molecule has 3 rings (SSSR count). The number of para-hydroxylation sites is 1. The third-order valence-electron chi connectivity index (χ3n) is 3.43. The fraction of sp³-hybridized carbons (Fsp3) is 0.357. The number of hydrogen-bond acceptors (Lipinski definition) is 5. The van der Waals surface area contributed by atoms with Crippen molar-refractivity contribution in [3.8, 4) is 0 Å². The van der Waals surface area contributed by atoms with E-state index < -0.39 is 9.84 Å². The topological polar surface area (TPSA) is 76.4 Å². The van der Waals surface area contributed by atoms with Gasteiger partial charge in [0.25, 0.3) is 0 Å². The normalized spacial score (nSPS) is 21.9. The molecule has 0 aliphatic carbocycles. The smallest absolute Gasteiger partial charge is 0.199 e. The van der Waals surface area contributed by atoms with Gasteiger partial charge in [-0.3, -0.25) is 4.79 Å². The molecule has 2 heterocycles. The van der Waals surface area contributed by atoms with Gasteiger partial charge in [-0.25, -0.2) is 8.42 Å². The average Bonchev–Trinajstić information content (AvgIpc) is 2.81. The van der Waals surface area contributed by atoms with Gasteiger partial charge in [0.15, 0.2) is 21.4 Å². The fourth-order valence-corrected chi connectivity index (χ4v) is 3.89. The van der Waals surface area contributed by atoms with Crippen LogP contribution in [0.25, 0.3) is 11.0 Å². The van der Waals surface area contributed by atoms with Gasteiger partial charge in [-0.2, -0.15) is 0 Å². The van der Waals surface area contributed by atoms with E-state index in [9.17, 15) is 13.2 Å². The minimum atomic E-state index is -3.03. The Labute approximate surface area is 116 Å². The highest BCUT2D eigenvalue weighted by Gasteiger charge is 2.27. The molecule has 20 heavy (non-hydrogen) atoms.